The molecule has 88 valence electrons. The quantitative estimate of drug-likeness (QED) is 0.744. The van der Waals surface area contributed by atoms with Gasteiger partial charge in [0.15, 0.2) is 11.5 Å². The van der Waals surface area contributed by atoms with Gasteiger partial charge in [0.25, 0.3) is 0 Å². The average molecular weight is 223 g/mol. The van der Waals surface area contributed by atoms with Gasteiger partial charge in [0.05, 0.1) is 14.2 Å². The Morgan fingerprint density at radius 2 is 1.75 bits per heavy atom. The van der Waals surface area contributed by atoms with E-state index >= 15 is 0 Å². The lowest BCUT2D eigenvalue weighted by Gasteiger charge is -2.12. The van der Waals surface area contributed by atoms with Gasteiger partial charge in [-0.3, -0.25) is 0 Å². The van der Waals surface area contributed by atoms with Crippen molar-refractivity contribution in [3.05, 3.63) is 30.4 Å². The predicted octanol–water partition coefficient (Wildman–Crippen LogP) is 1.60. The number of benzene rings is 1. The molecule has 1 aromatic carbocycles. The second kappa shape index (κ2) is 6.74. The Balaban J connectivity index is 2.78. The molecule has 1 aromatic rings. The molecular formula is C12H17NO3. The van der Waals surface area contributed by atoms with Crippen LogP contribution in [0.5, 0.6) is 17.2 Å². The van der Waals surface area contributed by atoms with Crippen LogP contribution in [0.1, 0.15) is 0 Å². The third kappa shape index (κ3) is 3.17. The van der Waals surface area contributed by atoms with E-state index in [1.165, 1.54) is 0 Å². The maximum atomic E-state index is 5.56. The first kappa shape index (κ1) is 12.4. The van der Waals surface area contributed by atoms with Crippen molar-refractivity contribution in [2.75, 3.05) is 27.4 Å². The molecule has 0 aliphatic rings. The van der Waals surface area contributed by atoms with Crippen LogP contribution in [0.4, 0.5) is 0 Å². The van der Waals surface area contributed by atoms with Crippen LogP contribution in [0.25, 0.3) is 0 Å². The van der Waals surface area contributed by atoms with Crippen molar-refractivity contribution >= 4 is 0 Å². The largest absolute Gasteiger partial charge is 0.493 e. The summed E-state index contributed by atoms with van der Waals surface area (Å²) in [5.41, 5.74) is 5.33. The predicted molar refractivity (Wildman–Crippen MR) is 63.2 cm³/mol. The number of hydrogen-bond donors (Lipinski definition) is 1. The molecule has 0 aliphatic carbocycles. The Kier molecular flexibility index (Phi) is 5.22. The van der Waals surface area contributed by atoms with Gasteiger partial charge >= 0.3 is 0 Å². The van der Waals surface area contributed by atoms with E-state index in [1.54, 1.807) is 14.2 Å². The molecule has 0 saturated heterocycles. The molecular weight excluding hydrogens is 206 g/mol. The highest BCUT2D eigenvalue weighted by Crippen LogP contribution is 2.36. The molecule has 0 amide bonds. The molecule has 0 atom stereocenters. The van der Waals surface area contributed by atoms with Crippen molar-refractivity contribution in [2.45, 2.75) is 0 Å². The minimum absolute atomic E-state index is 0.438. The maximum absolute atomic E-state index is 5.56. The molecule has 1 rings (SSSR count). The van der Waals surface area contributed by atoms with E-state index in [0.717, 1.165) is 0 Å². The lowest BCUT2D eigenvalue weighted by molar-refractivity contribution is 0.300. The first-order valence-electron chi connectivity index (χ1n) is 5.02. The van der Waals surface area contributed by atoms with Gasteiger partial charge in [-0.15, -0.1) is 0 Å². The Bertz CT molecular complexity index is 328. The SMILES string of the molecule is COc1cccc(OC)c1OCC=CCN. The first-order chi connectivity index (χ1) is 7.83. The fraction of sp³-hybridized carbons (Fsp3) is 0.333. The van der Waals surface area contributed by atoms with Gasteiger partial charge in [-0.1, -0.05) is 18.2 Å². The molecule has 0 heterocycles. The summed E-state index contributed by atoms with van der Waals surface area (Å²) >= 11 is 0. The van der Waals surface area contributed by atoms with Crippen LogP contribution in [0.15, 0.2) is 30.4 Å². The zero-order valence-electron chi connectivity index (χ0n) is 9.60. The molecule has 0 radical (unpaired) electrons. The molecule has 0 aliphatic heterocycles. The highest BCUT2D eigenvalue weighted by Gasteiger charge is 2.09. The normalized spacial score (nSPS) is 10.4. The molecule has 16 heavy (non-hydrogen) atoms. The standard InChI is InChI=1S/C12H17NO3/c1-14-10-6-5-7-11(15-2)12(10)16-9-4-3-8-13/h3-7H,8-9,13H2,1-2H3. The number of rotatable bonds is 6. The average Bonchev–Trinajstić information content (AvgIpc) is 2.34. The molecule has 0 bridgehead atoms. The summed E-state index contributed by atoms with van der Waals surface area (Å²) in [5, 5.41) is 0. The summed E-state index contributed by atoms with van der Waals surface area (Å²) in [6.07, 6.45) is 3.69. The Morgan fingerprint density at radius 3 is 2.25 bits per heavy atom. The third-order valence-electron chi connectivity index (χ3n) is 2.01. The van der Waals surface area contributed by atoms with E-state index in [2.05, 4.69) is 0 Å². The number of methoxy groups -OCH3 is 2. The van der Waals surface area contributed by atoms with Crippen LogP contribution in [0, 0.1) is 0 Å². The molecule has 0 unspecified atom stereocenters. The van der Waals surface area contributed by atoms with Crippen molar-refractivity contribution in [1.82, 2.24) is 0 Å². The smallest absolute Gasteiger partial charge is 0.203 e. The minimum atomic E-state index is 0.438. The van der Waals surface area contributed by atoms with Crippen LogP contribution in [-0.2, 0) is 0 Å². The van der Waals surface area contributed by atoms with Gasteiger partial charge in [-0.05, 0) is 12.1 Å². The third-order valence-corrected chi connectivity index (χ3v) is 2.01. The topological polar surface area (TPSA) is 53.7 Å². The van der Waals surface area contributed by atoms with Crippen molar-refractivity contribution < 1.29 is 14.2 Å². The van der Waals surface area contributed by atoms with E-state index in [9.17, 15) is 0 Å². The summed E-state index contributed by atoms with van der Waals surface area (Å²) < 4.78 is 15.9. The molecule has 0 spiro atoms. The second-order valence-electron chi connectivity index (χ2n) is 3.01. The lowest BCUT2D eigenvalue weighted by Crippen LogP contribution is -2.00. The lowest BCUT2D eigenvalue weighted by atomic mass is 10.3. The maximum Gasteiger partial charge on any atom is 0.203 e. The fourth-order valence-corrected chi connectivity index (χ4v) is 1.26. The monoisotopic (exact) mass is 223 g/mol. The molecule has 4 heteroatoms. The summed E-state index contributed by atoms with van der Waals surface area (Å²) in [5.74, 6) is 1.91. The van der Waals surface area contributed by atoms with Gasteiger partial charge < -0.3 is 19.9 Å². The summed E-state index contributed by atoms with van der Waals surface area (Å²) in [6, 6.07) is 5.50. The number of hydrogen-bond acceptors (Lipinski definition) is 4. The Morgan fingerprint density at radius 1 is 1.12 bits per heavy atom. The van der Waals surface area contributed by atoms with Crippen molar-refractivity contribution in [3.8, 4) is 17.2 Å². The molecule has 0 fully saturated rings. The highest BCUT2D eigenvalue weighted by atomic mass is 16.5. The van der Waals surface area contributed by atoms with E-state index < -0.39 is 0 Å². The van der Waals surface area contributed by atoms with Gasteiger partial charge in [0.1, 0.15) is 6.61 Å². The van der Waals surface area contributed by atoms with Crippen molar-refractivity contribution in [1.29, 1.82) is 0 Å². The van der Waals surface area contributed by atoms with Crippen molar-refractivity contribution in [3.63, 3.8) is 0 Å². The van der Waals surface area contributed by atoms with Crippen molar-refractivity contribution in [2.24, 2.45) is 5.73 Å². The summed E-state index contributed by atoms with van der Waals surface area (Å²) in [6.45, 7) is 0.945. The van der Waals surface area contributed by atoms with Gasteiger partial charge in [0, 0.05) is 6.54 Å². The Hall–Kier alpha value is -1.68. The van der Waals surface area contributed by atoms with E-state index in [-0.39, 0.29) is 0 Å². The summed E-state index contributed by atoms with van der Waals surface area (Å²) in [4.78, 5) is 0. The Labute approximate surface area is 95.6 Å². The number of ether oxygens (including phenoxy) is 3. The number of para-hydroxylation sites is 1. The van der Waals surface area contributed by atoms with E-state index in [0.29, 0.717) is 30.4 Å². The molecule has 0 saturated carbocycles. The van der Waals surface area contributed by atoms with Crippen LogP contribution < -0.4 is 19.9 Å². The zero-order chi connectivity index (χ0) is 11.8. The van der Waals surface area contributed by atoms with Crippen LogP contribution >= 0.6 is 0 Å². The minimum Gasteiger partial charge on any atom is -0.493 e. The van der Waals surface area contributed by atoms with Gasteiger partial charge in [-0.25, -0.2) is 0 Å². The molecule has 4 nitrogen and oxygen atoms in total. The summed E-state index contributed by atoms with van der Waals surface area (Å²) in [7, 11) is 3.19. The number of nitrogens with two attached hydrogens (primary N) is 1. The van der Waals surface area contributed by atoms with E-state index in [4.69, 9.17) is 19.9 Å². The first-order valence-corrected chi connectivity index (χ1v) is 5.02. The van der Waals surface area contributed by atoms with Gasteiger partial charge in [-0.2, -0.15) is 0 Å². The van der Waals surface area contributed by atoms with Crippen LogP contribution in [0.2, 0.25) is 0 Å². The van der Waals surface area contributed by atoms with Gasteiger partial charge in [0.2, 0.25) is 5.75 Å². The zero-order valence-corrected chi connectivity index (χ0v) is 9.60. The van der Waals surface area contributed by atoms with E-state index in [1.807, 2.05) is 30.4 Å². The van der Waals surface area contributed by atoms with Crippen LogP contribution in [0.3, 0.4) is 0 Å². The molecule has 2 N–H and O–H groups in total. The van der Waals surface area contributed by atoms with Crippen LogP contribution in [-0.4, -0.2) is 27.4 Å². The highest BCUT2D eigenvalue weighted by molar-refractivity contribution is 5.51. The fourth-order valence-electron chi connectivity index (χ4n) is 1.26. The second-order valence-corrected chi connectivity index (χ2v) is 3.01. The molecule has 0 aromatic heterocycles.